The van der Waals surface area contributed by atoms with Gasteiger partial charge in [-0.2, -0.15) is 5.10 Å². The molecule has 1 heterocycles. The summed E-state index contributed by atoms with van der Waals surface area (Å²) in [6.45, 7) is 9.65. The molecular weight excluding hydrogens is 443 g/mol. The summed E-state index contributed by atoms with van der Waals surface area (Å²) in [6.07, 6.45) is 3.42. The van der Waals surface area contributed by atoms with Gasteiger partial charge in [0.1, 0.15) is 0 Å². The lowest BCUT2D eigenvalue weighted by Gasteiger charge is -2.22. The first kappa shape index (κ1) is 24.7. The number of halogens is 1. The van der Waals surface area contributed by atoms with Crippen LogP contribution in [0.25, 0.3) is 0 Å². The van der Waals surface area contributed by atoms with E-state index < -0.39 is 0 Å². The van der Waals surface area contributed by atoms with Gasteiger partial charge in [-0.05, 0) is 19.3 Å². The topological polar surface area (TPSA) is 74.6 Å². The zero-order valence-electron chi connectivity index (χ0n) is 17.2. The van der Waals surface area contributed by atoms with Crippen LogP contribution in [0.2, 0.25) is 0 Å². The molecule has 0 saturated heterocycles. The molecule has 7 nitrogen and oxygen atoms in total. The maximum atomic E-state index is 11.8. The Morgan fingerprint density at radius 2 is 2.04 bits per heavy atom. The number of hydrogen-bond donors (Lipinski definition) is 2. The summed E-state index contributed by atoms with van der Waals surface area (Å²) in [5, 5.41) is 10.8. The van der Waals surface area contributed by atoms with Gasteiger partial charge in [-0.1, -0.05) is 20.8 Å². The Bertz CT molecular complexity index is 584. The van der Waals surface area contributed by atoms with Crippen LogP contribution in [0.5, 0.6) is 0 Å². The largest absolute Gasteiger partial charge is 0.356 e. The van der Waals surface area contributed by atoms with Crippen LogP contribution in [0.4, 0.5) is 0 Å². The van der Waals surface area contributed by atoms with Crippen molar-refractivity contribution in [3.63, 3.8) is 0 Å². The number of aromatic nitrogens is 2. The summed E-state index contributed by atoms with van der Waals surface area (Å²) < 4.78 is 1.86. The third-order valence-electron chi connectivity index (χ3n) is 4.12. The van der Waals surface area contributed by atoms with Crippen LogP contribution in [0.15, 0.2) is 11.2 Å². The van der Waals surface area contributed by atoms with Crippen LogP contribution in [0, 0.1) is 0 Å². The predicted octanol–water partition coefficient (Wildman–Crippen LogP) is 2.47. The van der Waals surface area contributed by atoms with E-state index in [9.17, 15) is 4.79 Å². The molecule has 26 heavy (non-hydrogen) atoms. The van der Waals surface area contributed by atoms with Crippen molar-refractivity contribution < 1.29 is 4.79 Å². The summed E-state index contributed by atoms with van der Waals surface area (Å²) in [6, 6.07) is 0.217. The number of aliphatic imine (C=N–C) groups is 1. The molecule has 1 rings (SSSR count). The summed E-state index contributed by atoms with van der Waals surface area (Å²) in [7, 11) is 5.69. The molecule has 1 atom stereocenters. The molecule has 1 amide bonds. The molecule has 2 N–H and O–H groups in total. The number of hydrogen-bond acceptors (Lipinski definition) is 3. The zero-order chi connectivity index (χ0) is 19.0. The first-order valence-corrected chi connectivity index (χ1v) is 9.02. The Kier molecular flexibility index (Phi) is 11.5. The Balaban J connectivity index is 0.00000625. The van der Waals surface area contributed by atoms with Crippen molar-refractivity contribution in [3.05, 3.63) is 17.5 Å². The highest BCUT2D eigenvalue weighted by Crippen LogP contribution is 2.18. The summed E-state index contributed by atoms with van der Waals surface area (Å²) >= 11 is 0. The van der Waals surface area contributed by atoms with Crippen LogP contribution < -0.4 is 10.6 Å². The van der Waals surface area contributed by atoms with Crippen LogP contribution in [0.3, 0.4) is 0 Å². The van der Waals surface area contributed by atoms with E-state index in [2.05, 4.69) is 52.6 Å². The Morgan fingerprint density at radius 3 is 2.58 bits per heavy atom. The summed E-state index contributed by atoms with van der Waals surface area (Å²) in [5.41, 5.74) is 2.30. The van der Waals surface area contributed by atoms with E-state index in [4.69, 9.17) is 0 Å². The molecule has 8 heteroatoms. The zero-order valence-corrected chi connectivity index (χ0v) is 19.5. The van der Waals surface area contributed by atoms with E-state index in [0.29, 0.717) is 18.9 Å². The number of amides is 1. The van der Waals surface area contributed by atoms with Gasteiger partial charge in [0.15, 0.2) is 5.96 Å². The Hall–Kier alpha value is -1.32. The minimum Gasteiger partial charge on any atom is -0.356 e. The molecular formula is C18H35IN6O. The average Bonchev–Trinajstić information content (AvgIpc) is 2.91. The van der Waals surface area contributed by atoms with Gasteiger partial charge >= 0.3 is 0 Å². The Morgan fingerprint density at radius 1 is 1.38 bits per heavy atom. The Labute approximate surface area is 175 Å². The van der Waals surface area contributed by atoms with E-state index in [0.717, 1.165) is 24.6 Å². The fourth-order valence-electron chi connectivity index (χ4n) is 2.61. The summed E-state index contributed by atoms with van der Waals surface area (Å²) in [4.78, 5) is 18.2. The SMILES string of the molecule is CCC(C)NC(=O)CCNC(=NC)N(C)Cc1cn(C)nc1C(C)C.I. The van der Waals surface area contributed by atoms with Gasteiger partial charge in [-0.15, -0.1) is 24.0 Å². The maximum absolute atomic E-state index is 11.8. The second kappa shape index (κ2) is 12.1. The number of rotatable bonds is 8. The molecule has 0 aliphatic carbocycles. The quantitative estimate of drug-likeness (QED) is 0.342. The highest BCUT2D eigenvalue weighted by Gasteiger charge is 2.15. The van der Waals surface area contributed by atoms with Crippen molar-refractivity contribution in [3.8, 4) is 0 Å². The standard InChI is InChI=1S/C18H34N6O.HI/c1-8-14(4)21-16(25)9-10-20-18(19-5)23(6)11-15-12-24(7)22-17(15)13(2)3;/h12-14H,8-11H2,1-7H3,(H,19,20)(H,21,25);1H. The molecule has 1 unspecified atom stereocenters. The van der Waals surface area contributed by atoms with E-state index in [1.165, 1.54) is 5.56 Å². The molecule has 0 bridgehead atoms. The van der Waals surface area contributed by atoms with Gasteiger partial charge in [-0.3, -0.25) is 14.5 Å². The van der Waals surface area contributed by atoms with Crippen LogP contribution >= 0.6 is 24.0 Å². The normalized spacial score (nSPS) is 12.5. The fraction of sp³-hybridized carbons (Fsp3) is 0.722. The second-order valence-corrected chi connectivity index (χ2v) is 6.82. The molecule has 1 aromatic heterocycles. The highest BCUT2D eigenvalue weighted by molar-refractivity contribution is 14.0. The van der Waals surface area contributed by atoms with Crippen molar-refractivity contribution in [2.75, 3.05) is 20.6 Å². The lowest BCUT2D eigenvalue weighted by molar-refractivity contribution is -0.121. The first-order valence-electron chi connectivity index (χ1n) is 9.02. The fourth-order valence-corrected chi connectivity index (χ4v) is 2.61. The predicted molar refractivity (Wildman–Crippen MR) is 118 cm³/mol. The smallest absolute Gasteiger partial charge is 0.221 e. The maximum Gasteiger partial charge on any atom is 0.221 e. The van der Waals surface area contributed by atoms with E-state index in [1.54, 1.807) is 7.05 Å². The second-order valence-electron chi connectivity index (χ2n) is 6.82. The van der Waals surface area contributed by atoms with Crippen LogP contribution in [-0.4, -0.2) is 53.2 Å². The molecule has 1 aromatic rings. The van der Waals surface area contributed by atoms with E-state index in [-0.39, 0.29) is 35.9 Å². The van der Waals surface area contributed by atoms with Crippen molar-refractivity contribution in [1.82, 2.24) is 25.3 Å². The van der Waals surface area contributed by atoms with Gasteiger partial charge in [0.25, 0.3) is 0 Å². The lowest BCUT2D eigenvalue weighted by Crippen LogP contribution is -2.41. The molecule has 0 saturated carbocycles. The number of aryl methyl sites for hydroxylation is 1. The molecule has 0 aliphatic rings. The van der Waals surface area contributed by atoms with Crippen molar-refractivity contribution in [2.24, 2.45) is 12.0 Å². The number of nitrogens with zero attached hydrogens (tertiary/aromatic N) is 4. The van der Waals surface area contributed by atoms with Gasteiger partial charge in [-0.25, -0.2) is 0 Å². The first-order chi connectivity index (χ1) is 11.8. The van der Waals surface area contributed by atoms with Crippen LogP contribution in [0.1, 0.15) is 57.7 Å². The van der Waals surface area contributed by atoms with Gasteiger partial charge in [0, 0.05) is 58.5 Å². The van der Waals surface area contributed by atoms with E-state index in [1.807, 2.05) is 25.7 Å². The van der Waals surface area contributed by atoms with E-state index >= 15 is 0 Å². The molecule has 0 fully saturated rings. The van der Waals surface area contributed by atoms with Gasteiger partial charge < -0.3 is 15.5 Å². The number of carbonyl (C=O) groups is 1. The molecule has 0 aromatic carbocycles. The minimum absolute atomic E-state index is 0. The molecule has 0 aliphatic heterocycles. The minimum atomic E-state index is 0. The third-order valence-corrected chi connectivity index (χ3v) is 4.12. The average molecular weight is 478 g/mol. The molecule has 150 valence electrons. The van der Waals surface area contributed by atoms with Crippen LogP contribution in [-0.2, 0) is 18.4 Å². The van der Waals surface area contributed by atoms with Crippen molar-refractivity contribution in [2.45, 2.75) is 59.0 Å². The molecule has 0 spiro atoms. The lowest BCUT2D eigenvalue weighted by atomic mass is 10.1. The summed E-state index contributed by atoms with van der Waals surface area (Å²) in [5.74, 6) is 1.22. The van der Waals surface area contributed by atoms with Crippen molar-refractivity contribution >= 4 is 35.8 Å². The number of carbonyl (C=O) groups excluding carboxylic acids is 1. The number of guanidine groups is 1. The number of nitrogens with one attached hydrogen (secondary N) is 2. The molecule has 0 radical (unpaired) electrons. The van der Waals surface area contributed by atoms with Crippen molar-refractivity contribution in [1.29, 1.82) is 0 Å². The van der Waals surface area contributed by atoms with Gasteiger partial charge in [0.2, 0.25) is 5.91 Å². The highest BCUT2D eigenvalue weighted by atomic mass is 127. The van der Waals surface area contributed by atoms with Gasteiger partial charge in [0.05, 0.1) is 5.69 Å². The monoisotopic (exact) mass is 478 g/mol. The third kappa shape index (κ3) is 7.92.